The summed E-state index contributed by atoms with van der Waals surface area (Å²) < 4.78 is 5.13. The van der Waals surface area contributed by atoms with Crippen molar-refractivity contribution in [2.45, 2.75) is 25.6 Å². The summed E-state index contributed by atoms with van der Waals surface area (Å²) in [6.07, 6.45) is 0.652. The van der Waals surface area contributed by atoms with Crippen molar-refractivity contribution < 1.29 is 14.6 Å². The lowest BCUT2D eigenvalue weighted by Gasteiger charge is -2.25. The van der Waals surface area contributed by atoms with Gasteiger partial charge in [0.05, 0.1) is 0 Å². The van der Waals surface area contributed by atoms with Crippen molar-refractivity contribution in [1.29, 1.82) is 0 Å². The van der Waals surface area contributed by atoms with E-state index < -0.39 is 12.1 Å². The Balaban J connectivity index is 1.80. The van der Waals surface area contributed by atoms with Crippen molar-refractivity contribution in [3.63, 3.8) is 0 Å². The molecule has 4 nitrogen and oxygen atoms in total. The molecule has 98 valence electrons. The van der Waals surface area contributed by atoms with E-state index in [0.29, 0.717) is 0 Å². The maximum Gasteiger partial charge on any atom is 0.335 e. The summed E-state index contributed by atoms with van der Waals surface area (Å²) in [4.78, 5) is 11.7. The molecule has 1 aliphatic heterocycles. The predicted molar refractivity (Wildman–Crippen MR) is 67.8 cm³/mol. The van der Waals surface area contributed by atoms with E-state index in [2.05, 4.69) is 5.32 Å². The third-order valence-corrected chi connectivity index (χ3v) is 3.30. The van der Waals surface area contributed by atoms with Crippen molar-refractivity contribution in [1.82, 2.24) is 5.32 Å². The Bertz CT molecular complexity index is 374. The van der Waals surface area contributed by atoms with Crippen LogP contribution in [0.2, 0.25) is 0 Å². The number of esters is 1. The van der Waals surface area contributed by atoms with Crippen LogP contribution in [0.4, 0.5) is 0 Å². The zero-order valence-electron chi connectivity index (χ0n) is 10.3. The van der Waals surface area contributed by atoms with E-state index in [9.17, 15) is 9.90 Å². The van der Waals surface area contributed by atoms with Gasteiger partial charge in [0.2, 0.25) is 0 Å². The van der Waals surface area contributed by atoms with Gasteiger partial charge in [0, 0.05) is 0 Å². The summed E-state index contributed by atoms with van der Waals surface area (Å²) in [5.41, 5.74) is 0.934. The average molecular weight is 249 g/mol. The van der Waals surface area contributed by atoms with E-state index in [1.165, 1.54) is 0 Å². The van der Waals surface area contributed by atoms with Gasteiger partial charge < -0.3 is 15.2 Å². The van der Waals surface area contributed by atoms with E-state index in [0.717, 1.165) is 31.5 Å². The Morgan fingerprint density at radius 2 is 2.00 bits per heavy atom. The second-order valence-electron chi connectivity index (χ2n) is 4.63. The molecule has 0 spiro atoms. The molecule has 0 bridgehead atoms. The van der Waals surface area contributed by atoms with Gasteiger partial charge in [-0.1, -0.05) is 30.3 Å². The first kappa shape index (κ1) is 13.1. The highest BCUT2D eigenvalue weighted by Gasteiger charge is 2.28. The zero-order valence-corrected chi connectivity index (χ0v) is 10.3. The molecule has 0 saturated carbocycles. The number of ether oxygens (including phenoxy) is 1. The van der Waals surface area contributed by atoms with Gasteiger partial charge in [0.25, 0.3) is 0 Å². The van der Waals surface area contributed by atoms with Crippen LogP contribution < -0.4 is 5.32 Å². The van der Waals surface area contributed by atoms with Gasteiger partial charge in [-0.25, -0.2) is 4.79 Å². The molecule has 0 aliphatic carbocycles. The van der Waals surface area contributed by atoms with Crippen LogP contribution in [-0.2, 0) is 16.1 Å². The van der Waals surface area contributed by atoms with Crippen molar-refractivity contribution in [3.05, 3.63) is 35.9 Å². The minimum Gasteiger partial charge on any atom is -0.459 e. The minimum absolute atomic E-state index is 0.0227. The fourth-order valence-corrected chi connectivity index (χ4v) is 2.17. The highest BCUT2D eigenvalue weighted by atomic mass is 16.5. The van der Waals surface area contributed by atoms with E-state index in [1.807, 2.05) is 30.3 Å². The molecule has 2 rings (SSSR count). The van der Waals surface area contributed by atoms with Crippen molar-refractivity contribution in [2.24, 2.45) is 5.92 Å². The second kappa shape index (κ2) is 6.52. The summed E-state index contributed by atoms with van der Waals surface area (Å²) >= 11 is 0. The molecule has 4 heteroatoms. The van der Waals surface area contributed by atoms with Crippen LogP contribution in [0.3, 0.4) is 0 Å². The molecule has 1 unspecified atom stereocenters. The predicted octanol–water partition coefficient (Wildman–Crippen LogP) is 1.09. The van der Waals surface area contributed by atoms with Gasteiger partial charge in [-0.2, -0.15) is 0 Å². The number of aliphatic hydroxyl groups excluding tert-OH is 1. The van der Waals surface area contributed by atoms with Gasteiger partial charge in [-0.3, -0.25) is 0 Å². The van der Waals surface area contributed by atoms with Crippen LogP contribution in [0.1, 0.15) is 18.4 Å². The molecule has 1 aromatic rings. The van der Waals surface area contributed by atoms with Crippen LogP contribution in [0.15, 0.2) is 30.3 Å². The molecular formula is C14H19NO3. The molecule has 18 heavy (non-hydrogen) atoms. The van der Waals surface area contributed by atoms with Crippen molar-refractivity contribution in [2.75, 3.05) is 13.1 Å². The molecular weight excluding hydrogens is 230 g/mol. The number of nitrogens with one attached hydrogen (secondary N) is 1. The quantitative estimate of drug-likeness (QED) is 0.784. The molecule has 1 aromatic carbocycles. The lowest BCUT2D eigenvalue weighted by atomic mass is 9.92. The Morgan fingerprint density at radius 3 is 2.67 bits per heavy atom. The Morgan fingerprint density at radius 1 is 1.33 bits per heavy atom. The normalized spacial score (nSPS) is 18.3. The fraction of sp³-hybridized carbons (Fsp3) is 0.500. The first-order valence-electron chi connectivity index (χ1n) is 6.36. The largest absolute Gasteiger partial charge is 0.459 e. The third-order valence-electron chi connectivity index (χ3n) is 3.30. The first-order chi connectivity index (χ1) is 8.77. The summed E-state index contributed by atoms with van der Waals surface area (Å²) in [6.45, 7) is 1.93. The maximum atomic E-state index is 11.7. The topological polar surface area (TPSA) is 58.6 Å². The summed E-state index contributed by atoms with van der Waals surface area (Å²) in [5.74, 6) is -0.486. The number of hydrogen-bond acceptors (Lipinski definition) is 4. The zero-order chi connectivity index (χ0) is 12.8. The van der Waals surface area contributed by atoms with E-state index in [-0.39, 0.29) is 12.5 Å². The van der Waals surface area contributed by atoms with Crippen LogP contribution >= 0.6 is 0 Å². The summed E-state index contributed by atoms with van der Waals surface area (Å²) in [5, 5.41) is 13.1. The maximum absolute atomic E-state index is 11.7. The van der Waals surface area contributed by atoms with Crippen molar-refractivity contribution in [3.8, 4) is 0 Å². The Hall–Kier alpha value is -1.39. The molecule has 1 fully saturated rings. The lowest BCUT2D eigenvalue weighted by molar-refractivity contribution is -0.158. The fourth-order valence-electron chi connectivity index (χ4n) is 2.17. The van der Waals surface area contributed by atoms with Crippen LogP contribution in [0.25, 0.3) is 0 Å². The number of benzene rings is 1. The molecule has 2 N–H and O–H groups in total. The van der Waals surface area contributed by atoms with Gasteiger partial charge in [0.15, 0.2) is 6.10 Å². The highest BCUT2D eigenvalue weighted by molar-refractivity contribution is 5.74. The Labute approximate surface area is 107 Å². The molecule has 0 radical (unpaired) electrons. The van der Waals surface area contributed by atoms with Gasteiger partial charge in [-0.05, 0) is 37.4 Å². The number of hydrogen-bond donors (Lipinski definition) is 2. The molecule has 0 amide bonds. The first-order valence-corrected chi connectivity index (χ1v) is 6.36. The van der Waals surface area contributed by atoms with E-state index >= 15 is 0 Å². The number of carbonyl (C=O) groups excluding carboxylic acids is 1. The number of piperidine rings is 1. The number of carbonyl (C=O) groups is 1. The lowest BCUT2D eigenvalue weighted by Crippen LogP contribution is -2.38. The van der Waals surface area contributed by atoms with Crippen LogP contribution in [0, 0.1) is 5.92 Å². The number of aliphatic hydroxyl groups is 1. The summed E-state index contributed by atoms with van der Waals surface area (Å²) in [6, 6.07) is 9.49. The smallest absolute Gasteiger partial charge is 0.335 e. The summed E-state index contributed by atoms with van der Waals surface area (Å²) in [7, 11) is 0. The standard InChI is InChI=1S/C14H19NO3/c16-13(12-6-8-15-9-7-12)14(17)18-10-11-4-2-1-3-5-11/h1-5,12-13,15-16H,6-10H2. The van der Waals surface area contributed by atoms with Gasteiger partial charge in [0.1, 0.15) is 6.61 Å². The van der Waals surface area contributed by atoms with Gasteiger partial charge >= 0.3 is 5.97 Å². The molecule has 1 aliphatic rings. The molecule has 1 saturated heterocycles. The molecule has 1 heterocycles. The van der Waals surface area contributed by atoms with E-state index in [1.54, 1.807) is 0 Å². The van der Waals surface area contributed by atoms with Gasteiger partial charge in [-0.15, -0.1) is 0 Å². The van der Waals surface area contributed by atoms with Crippen LogP contribution in [-0.4, -0.2) is 30.3 Å². The highest BCUT2D eigenvalue weighted by Crippen LogP contribution is 2.17. The average Bonchev–Trinajstić information content (AvgIpc) is 2.46. The van der Waals surface area contributed by atoms with Crippen LogP contribution in [0.5, 0.6) is 0 Å². The van der Waals surface area contributed by atoms with Crippen molar-refractivity contribution >= 4 is 5.97 Å². The van der Waals surface area contributed by atoms with E-state index in [4.69, 9.17) is 4.74 Å². The monoisotopic (exact) mass is 249 g/mol. The molecule has 1 atom stereocenters. The Kier molecular flexibility index (Phi) is 4.73. The number of rotatable bonds is 4. The molecule has 0 aromatic heterocycles. The SMILES string of the molecule is O=C(OCc1ccccc1)C(O)C1CCNCC1. The minimum atomic E-state index is -0.990. The third kappa shape index (κ3) is 3.55. The second-order valence-corrected chi connectivity index (χ2v) is 4.63.